The van der Waals surface area contributed by atoms with Gasteiger partial charge in [0.1, 0.15) is 11.1 Å². The van der Waals surface area contributed by atoms with Gasteiger partial charge in [0.2, 0.25) is 0 Å². The molecule has 0 aliphatic carbocycles. The molecule has 6 heteroatoms. The van der Waals surface area contributed by atoms with Crippen molar-refractivity contribution < 1.29 is 9.21 Å². The van der Waals surface area contributed by atoms with Crippen molar-refractivity contribution in [3.63, 3.8) is 0 Å². The first-order valence-electron chi connectivity index (χ1n) is 8.01. The molecule has 3 aromatic heterocycles. The van der Waals surface area contributed by atoms with Gasteiger partial charge in [-0.2, -0.15) is 0 Å². The monoisotopic (exact) mass is 362 g/mol. The number of thiophene rings is 1. The highest BCUT2D eigenvalue weighted by Gasteiger charge is 2.15. The fraction of sp³-hybridized carbons (Fsp3) is 0.0500. The van der Waals surface area contributed by atoms with E-state index in [1.807, 2.05) is 35.7 Å². The highest BCUT2D eigenvalue weighted by Crippen LogP contribution is 2.25. The quantitative estimate of drug-likeness (QED) is 0.560. The van der Waals surface area contributed by atoms with Crippen LogP contribution in [0.5, 0.6) is 0 Å². The predicted octanol–water partition coefficient (Wildman–Crippen LogP) is 3.85. The van der Waals surface area contributed by atoms with Crippen LogP contribution in [0, 0.1) is 0 Å². The predicted molar refractivity (Wildman–Crippen MR) is 101 cm³/mol. The number of nitrogens with one attached hydrogen (secondary N) is 1. The smallest absolute Gasteiger partial charge is 0.349 e. The lowest BCUT2D eigenvalue weighted by Gasteiger charge is -2.08. The number of rotatable bonds is 4. The second-order valence-electron chi connectivity index (χ2n) is 5.66. The van der Waals surface area contributed by atoms with Crippen molar-refractivity contribution in [2.75, 3.05) is 0 Å². The van der Waals surface area contributed by atoms with Crippen molar-refractivity contribution >= 4 is 28.2 Å². The normalized spacial score (nSPS) is 10.8. The van der Waals surface area contributed by atoms with Crippen molar-refractivity contribution in [3.8, 4) is 10.6 Å². The summed E-state index contributed by atoms with van der Waals surface area (Å²) < 4.78 is 5.22. The van der Waals surface area contributed by atoms with Crippen LogP contribution >= 0.6 is 11.3 Å². The molecular formula is C20H14N2O3S. The largest absolute Gasteiger partial charge is 0.422 e. The van der Waals surface area contributed by atoms with E-state index in [4.69, 9.17) is 4.42 Å². The van der Waals surface area contributed by atoms with E-state index in [1.54, 1.807) is 41.8 Å². The van der Waals surface area contributed by atoms with Gasteiger partial charge in [-0.25, -0.2) is 4.79 Å². The average Bonchev–Trinajstić information content (AvgIpc) is 3.20. The number of hydrogen-bond acceptors (Lipinski definition) is 5. The Kier molecular flexibility index (Phi) is 4.33. The molecule has 0 atom stereocenters. The molecule has 0 radical (unpaired) electrons. The highest BCUT2D eigenvalue weighted by molar-refractivity contribution is 7.13. The van der Waals surface area contributed by atoms with Crippen LogP contribution in [0.4, 0.5) is 0 Å². The molecule has 26 heavy (non-hydrogen) atoms. The third kappa shape index (κ3) is 3.14. The number of para-hydroxylation sites is 1. The van der Waals surface area contributed by atoms with E-state index in [9.17, 15) is 9.59 Å². The lowest BCUT2D eigenvalue weighted by molar-refractivity contribution is 0.0947. The molecule has 0 unspecified atom stereocenters. The summed E-state index contributed by atoms with van der Waals surface area (Å²) >= 11 is 1.58. The number of aromatic nitrogens is 1. The fourth-order valence-corrected chi connectivity index (χ4v) is 3.46. The molecule has 5 nitrogen and oxygen atoms in total. The van der Waals surface area contributed by atoms with E-state index >= 15 is 0 Å². The van der Waals surface area contributed by atoms with Gasteiger partial charge in [-0.3, -0.25) is 9.78 Å². The zero-order valence-electron chi connectivity index (χ0n) is 13.6. The van der Waals surface area contributed by atoms with Crippen LogP contribution in [0.2, 0.25) is 0 Å². The molecule has 0 aliphatic heterocycles. The van der Waals surface area contributed by atoms with Crippen molar-refractivity contribution in [3.05, 3.63) is 87.7 Å². The van der Waals surface area contributed by atoms with Crippen LogP contribution in [0.1, 0.15) is 15.9 Å². The zero-order chi connectivity index (χ0) is 17.9. The number of fused-ring (bicyclic) bond motifs is 1. The minimum absolute atomic E-state index is 0.00901. The summed E-state index contributed by atoms with van der Waals surface area (Å²) in [5.41, 5.74) is 1.51. The molecule has 1 aromatic carbocycles. The van der Waals surface area contributed by atoms with Crippen molar-refractivity contribution in [1.82, 2.24) is 10.3 Å². The van der Waals surface area contributed by atoms with Crippen LogP contribution in [-0.2, 0) is 6.54 Å². The van der Waals surface area contributed by atoms with Gasteiger partial charge < -0.3 is 9.73 Å². The molecular weight excluding hydrogens is 348 g/mol. The van der Waals surface area contributed by atoms with Crippen LogP contribution in [-0.4, -0.2) is 10.9 Å². The maximum atomic E-state index is 12.5. The molecule has 4 aromatic rings. The number of carbonyl (C=O) groups excluding carboxylic acids is 1. The Morgan fingerprint density at radius 1 is 1.12 bits per heavy atom. The number of pyridine rings is 1. The Bertz CT molecular complexity index is 1130. The fourth-order valence-electron chi connectivity index (χ4n) is 2.71. The summed E-state index contributed by atoms with van der Waals surface area (Å²) in [5.74, 6) is -0.467. The van der Waals surface area contributed by atoms with E-state index in [0.717, 1.165) is 16.1 Å². The van der Waals surface area contributed by atoms with Gasteiger partial charge in [0.25, 0.3) is 5.91 Å². The van der Waals surface area contributed by atoms with E-state index < -0.39 is 11.5 Å². The van der Waals surface area contributed by atoms with E-state index in [-0.39, 0.29) is 12.1 Å². The summed E-state index contributed by atoms with van der Waals surface area (Å²) in [6.07, 6.45) is 1.72. The topological polar surface area (TPSA) is 72.2 Å². The Labute approximate surface area is 152 Å². The highest BCUT2D eigenvalue weighted by atomic mass is 32.1. The van der Waals surface area contributed by atoms with Gasteiger partial charge in [-0.15, -0.1) is 11.3 Å². The van der Waals surface area contributed by atoms with E-state index in [0.29, 0.717) is 11.0 Å². The van der Waals surface area contributed by atoms with Crippen molar-refractivity contribution in [2.24, 2.45) is 0 Å². The molecule has 1 N–H and O–H groups in total. The maximum absolute atomic E-state index is 12.5. The first-order valence-corrected chi connectivity index (χ1v) is 8.89. The van der Waals surface area contributed by atoms with Gasteiger partial charge in [-0.05, 0) is 35.2 Å². The summed E-state index contributed by atoms with van der Waals surface area (Å²) in [7, 11) is 0. The Morgan fingerprint density at radius 3 is 2.85 bits per heavy atom. The van der Waals surface area contributed by atoms with Crippen molar-refractivity contribution in [2.45, 2.75) is 6.54 Å². The third-order valence-corrected chi connectivity index (χ3v) is 4.85. The zero-order valence-corrected chi connectivity index (χ0v) is 14.5. The van der Waals surface area contributed by atoms with Crippen LogP contribution in [0.3, 0.4) is 0 Å². The maximum Gasteiger partial charge on any atom is 0.349 e. The minimum atomic E-state index is -0.647. The van der Waals surface area contributed by atoms with Crippen LogP contribution in [0.25, 0.3) is 21.5 Å². The van der Waals surface area contributed by atoms with Gasteiger partial charge in [0.15, 0.2) is 0 Å². The number of hydrogen-bond donors (Lipinski definition) is 1. The molecule has 0 bridgehead atoms. The lowest BCUT2D eigenvalue weighted by atomic mass is 10.1. The Hall–Kier alpha value is -3.25. The first-order chi connectivity index (χ1) is 12.7. The number of carbonyl (C=O) groups is 1. The summed E-state index contributed by atoms with van der Waals surface area (Å²) in [5, 5.41) is 5.47. The second-order valence-corrected chi connectivity index (χ2v) is 6.60. The van der Waals surface area contributed by atoms with Gasteiger partial charge >= 0.3 is 5.63 Å². The molecule has 1 amide bonds. The van der Waals surface area contributed by atoms with E-state index in [2.05, 4.69) is 10.3 Å². The first kappa shape index (κ1) is 16.2. The standard InChI is InChI=1S/C20H14N2O3S/c23-19(15-11-13-5-1-2-7-16(13)25-20(15)24)22-12-14-6-3-9-21-18(14)17-8-4-10-26-17/h1-11H,12H2,(H,22,23). The van der Waals surface area contributed by atoms with Crippen molar-refractivity contribution in [1.29, 1.82) is 0 Å². The van der Waals surface area contributed by atoms with Gasteiger partial charge in [-0.1, -0.05) is 30.3 Å². The molecule has 0 saturated heterocycles. The molecule has 0 saturated carbocycles. The van der Waals surface area contributed by atoms with Crippen LogP contribution in [0.15, 0.2) is 75.4 Å². The number of benzene rings is 1. The molecule has 0 spiro atoms. The molecule has 3 heterocycles. The SMILES string of the molecule is O=C(NCc1cccnc1-c1cccs1)c1cc2ccccc2oc1=O. The molecule has 4 rings (SSSR count). The minimum Gasteiger partial charge on any atom is -0.422 e. The number of nitrogens with zero attached hydrogens (tertiary/aromatic N) is 1. The average molecular weight is 362 g/mol. The Morgan fingerprint density at radius 2 is 2.00 bits per heavy atom. The van der Waals surface area contributed by atoms with Crippen LogP contribution < -0.4 is 10.9 Å². The van der Waals surface area contributed by atoms with Gasteiger partial charge in [0.05, 0.1) is 10.6 Å². The summed E-state index contributed by atoms with van der Waals surface area (Å²) in [4.78, 5) is 30.0. The summed E-state index contributed by atoms with van der Waals surface area (Å²) in [6.45, 7) is 0.270. The summed E-state index contributed by atoms with van der Waals surface area (Å²) in [6, 6.07) is 16.3. The molecule has 0 fully saturated rings. The molecule has 128 valence electrons. The second kappa shape index (κ2) is 6.93. The molecule has 0 aliphatic rings. The lowest BCUT2D eigenvalue weighted by Crippen LogP contribution is -2.28. The third-order valence-electron chi connectivity index (χ3n) is 3.97. The van der Waals surface area contributed by atoms with Gasteiger partial charge in [0, 0.05) is 18.1 Å². The van der Waals surface area contributed by atoms with E-state index in [1.165, 1.54) is 0 Å². The Balaban J connectivity index is 1.59. The number of amides is 1.